The smallest absolute Gasteiger partial charge is 0.0394 e. The van der Waals surface area contributed by atoms with E-state index in [1.807, 2.05) is 6.08 Å². The zero-order valence-electron chi connectivity index (χ0n) is 11.5. The molecule has 0 aromatic heterocycles. The molecule has 2 unspecified atom stereocenters. The highest BCUT2D eigenvalue weighted by atomic mass is 15.3. The van der Waals surface area contributed by atoms with Gasteiger partial charge in [0.05, 0.1) is 0 Å². The summed E-state index contributed by atoms with van der Waals surface area (Å²) in [7, 11) is 0. The molecule has 0 aromatic carbocycles. The molecule has 0 spiro atoms. The van der Waals surface area contributed by atoms with Gasteiger partial charge < -0.3 is 0 Å². The summed E-state index contributed by atoms with van der Waals surface area (Å²) in [6, 6.07) is 0.351. The van der Waals surface area contributed by atoms with Crippen molar-refractivity contribution >= 4 is 0 Å². The summed E-state index contributed by atoms with van der Waals surface area (Å²) in [6.07, 6.45) is 9.25. The molecule has 17 heavy (non-hydrogen) atoms. The zero-order chi connectivity index (χ0) is 12.7. The number of hydrogen-bond donors (Lipinski definition) is 2. The van der Waals surface area contributed by atoms with Gasteiger partial charge in [-0.25, -0.2) is 0 Å². The number of hydrogen-bond acceptors (Lipinski definition) is 3. The van der Waals surface area contributed by atoms with Crippen molar-refractivity contribution in [1.29, 1.82) is 0 Å². The molecule has 0 aromatic rings. The Kier molecular flexibility index (Phi) is 6.17. The van der Waals surface area contributed by atoms with Crippen LogP contribution in [0.4, 0.5) is 0 Å². The predicted molar refractivity (Wildman–Crippen MR) is 74.7 cm³/mol. The average Bonchev–Trinajstić information content (AvgIpc) is 2.40. The molecule has 0 saturated carbocycles. The van der Waals surface area contributed by atoms with Crippen LogP contribution in [0.15, 0.2) is 12.7 Å². The maximum absolute atomic E-state index is 5.77. The maximum Gasteiger partial charge on any atom is 0.0394 e. The second kappa shape index (κ2) is 7.14. The molecule has 0 bridgehead atoms. The molecular formula is C14H29N3. The SMILES string of the molecule is C=CCCC(NN)C(C)(CC)N1CCCCC1. The van der Waals surface area contributed by atoms with E-state index in [9.17, 15) is 0 Å². The van der Waals surface area contributed by atoms with Crippen LogP contribution in [0, 0.1) is 0 Å². The first kappa shape index (κ1) is 14.7. The van der Waals surface area contributed by atoms with Gasteiger partial charge in [-0.15, -0.1) is 6.58 Å². The first-order valence-corrected chi connectivity index (χ1v) is 7.01. The Bertz CT molecular complexity index is 224. The molecule has 3 N–H and O–H groups in total. The van der Waals surface area contributed by atoms with Crippen LogP contribution in [0.3, 0.4) is 0 Å². The number of nitrogens with two attached hydrogens (primary N) is 1. The summed E-state index contributed by atoms with van der Waals surface area (Å²) < 4.78 is 0. The summed E-state index contributed by atoms with van der Waals surface area (Å²) in [6.45, 7) is 10.9. The first-order chi connectivity index (χ1) is 8.19. The van der Waals surface area contributed by atoms with Crippen LogP contribution >= 0.6 is 0 Å². The Balaban J connectivity index is 2.71. The van der Waals surface area contributed by atoms with E-state index in [1.54, 1.807) is 0 Å². The van der Waals surface area contributed by atoms with Crippen LogP contribution in [0.25, 0.3) is 0 Å². The van der Waals surface area contributed by atoms with Crippen molar-refractivity contribution in [1.82, 2.24) is 10.3 Å². The van der Waals surface area contributed by atoms with E-state index >= 15 is 0 Å². The van der Waals surface area contributed by atoms with Gasteiger partial charge in [-0.1, -0.05) is 19.4 Å². The summed E-state index contributed by atoms with van der Waals surface area (Å²) in [4.78, 5) is 2.63. The zero-order valence-corrected chi connectivity index (χ0v) is 11.5. The third kappa shape index (κ3) is 3.54. The summed E-state index contributed by atoms with van der Waals surface area (Å²) in [5.74, 6) is 5.77. The highest BCUT2D eigenvalue weighted by Gasteiger charge is 2.37. The fourth-order valence-corrected chi connectivity index (χ4v) is 2.95. The van der Waals surface area contributed by atoms with Crippen LogP contribution in [0.1, 0.15) is 52.4 Å². The summed E-state index contributed by atoms with van der Waals surface area (Å²) >= 11 is 0. The number of nitrogens with zero attached hydrogens (tertiary/aromatic N) is 1. The fraction of sp³-hybridized carbons (Fsp3) is 0.857. The molecule has 1 aliphatic rings. The highest BCUT2D eigenvalue weighted by Crippen LogP contribution is 2.29. The molecule has 3 heteroatoms. The first-order valence-electron chi connectivity index (χ1n) is 7.01. The third-order valence-corrected chi connectivity index (χ3v) is 4.41. The maximum atomic E-state index is 5.77. The number of allylic oxidation sites excluding steroid dienone is 1. The Morgan fingerprint density at radius 2 is 2.06 bits per heavy atom. The molecule has 1 fully saturated rings. The molecule has 0 radical (unpaired) electrons. The van der Waals surface area contributed by atoms with Crippen molar-refractivity contribution in [3.63, 3.8) is 0 Å². The van der Waals surface area contributed by atoms with Crippen LogP contribution in [-0.4, -0.2) is 29.6 Å². The largest absolute Gasteiger partial charge is 0.296 e. The normalized spacial score (nSPS) is 23.0. The van der Waals surface area contributed by atoms with E-state index in [0.717, 1.165) is 19.3 Å². The van der Waals surface area contributed by atoms with Crippen LogP contribution in [0.2, 0.25) is 0 Å². The topological polar surface area (TPSA) is 41.3 Å². The van der Waals surface area contributed by atoms with Gasteiger partial charge in [0.1, 0.15) is 0 Å². The monoisotopic (exact) mass is 239 g/mol. The molecule has 2 atom stereocenters. The van der Waals surface area contributed by atoms with Gasteiger partial charge in [-0.05, 0) is 52.1 Å². The van der Waals surface area contributed by atoms with Crippen molar-refractivity contribution in [3.8, 4) is 0 Å². The van der Waals surface area contributed by atoms with E-state index in [0.29, 0.717) is 6.04 Å². The van der Waals surface area contributed by atoms with Gasteiger partial charge in [-0.3, -0.25) is 16.2 Å². The number of hydrazine groups is 1. The highest BCUT2D eigenvalue weighted by molar-refractivity contribution is 4.97. The number of piperidine rings is 1. The molecule has 0 amide bonds. The van der Waals surface area contributed by atoms with E-state index in [4.69, 9.17) is 5.84 Å². The number of nitrogens with one attached hydrogen (secondary N) is 1. The molecule has 100 valence electrons. The van der Waals surface area contributed by atoms with Crippen molar-refractivity contribution in [2.75, 3.05) is 13.1 Å². The lowest BCUT2D eigenvalue weighted by molar-refractivity contribution is 0.0405. The van der Waals surface area contributed by atoms with Gasteiger partial charge in [0.25, 0.3) is 0 Å². The lowest BCUT2D eigenvalue weighted by atomic mass is 9.83. The van der Waals surface area contributed by atoms with E-state index in [1.165, 1.54) is 32.4 Å². The van der Waals surface area contributed by atoms with E-state index in [2.05, 4.69) is 30.8 Å². The van der Waals surface area contributed by atoms with Crippen molar-refractivity contribution in [2.24, 2.45) is 5.84 Å². The fourth-order valence-electron chi connectivity index (χ4n) is 2.95. The molecule has 3 nitrogen and oxygen atoms in total. The van der Waals surface area contributed by atoms with Crippen LogP contribution in [0.5, 0.6) is 0 Å². The minimum atomic E-state index is 0.179. The molecule has 1 saturated heterocycles. The van der Waals surface area contributed by atoms with Crippen molar-refractivity contribution in [2.45, 2.75) is 64.0 Å². The minimum absolute atomic E-state index is 0.179. The van der Waals surface area contributed by atoms with Gasteiger partial charge in [0.15, 0.2) is 0 Å². The third-order valence-electron chi connectivity index (χ3n) is 4.41. The summed E-state index contributed by atoms with van der Waals surface area (Å²) in [5.41, 5.74) is 3.21. The van der Waals surface area contributed by atoms with Crippen LogP contribution in [-0.2, 0) is 0 Å². The predicted octanol–water partition coefficient (Wildman–Crippen LogP) is 2.44. The number of rotatable bonds is 7. The Morgan fingerprint density at radius 1 is 1.41 bits per heavy atom. The molecule has 1 rings (SSSR count). The van der Waals surface area contributed by atoms with Crippen molar-refractivity contribution in [3.05, 3.63) is 12.7 Å². The number of likely N-dealkylation sites (tertiary alicyclic amines) is 1. The Labute approximate surface area is 106 Å². The lowest BCUT2D eigenvalue weighted by Gasteiger charge is -2.47. The van der Waals surface area contributed by atoms with Crippen LogP contribution < -0.4 is 11.3 Å². The Hall–Kier alpha value is -0.380. The van der Waals surface area contributed by atoms with E-state index < -0.39 is 0 Å². The Morgan fingerprint density at radius 3 is 2.53 bits per heavy atom. The van der Waals surface area contributed by atoms with Gasteiger partial charge in [0, 0.05) is 11.6 Å². The summed E-state index contributed by atoms with van der Waals surface area (Å²) in [5, 5.41) is 0. The van der Waals surface area contributed by atoms with Gasteiger partial charge in [-0.2, -0.15) is 0 Å². The second-order valence-corrected chi connectivity index (χ2v) is 5.34. The molecule has 1 heterocycles. The average molecular weight is 239 g/mol. The lowest BCUT2D eigenvalue weighted by Crippen LogP contribution is -2.61. The standard InChI is InChI=1S/C14H29N3/c1-4-6-10-13(16-15)14(3,5-2)17-11-8-7-9-12-17/h4,13,16H,1,5-12,15H2,2-3H3. The molecule has 1 aliphatic heterocycles. The second-order valence-electron chi connectivity index (χ2n) is 5.34. The molecule has 0 aliphatic carbocycles. The minimum Gasteiger partial charge on any atom is -0.296 e. The quantitative estimate of drug-likeness (QED) is 0.407. The van der Waals surface area contributed by atoms with E-state index in [-0.39, 0.29) is 5.54 Å². The van der Waals surface area contributed by atoms with Crippen molar-refractivity contribution < 1.29 is 0 Å². The van der Waals surface area contributed by atoms with Gasteiger partial charge in [0.2, 0.25) is 0 Å². The van der Waals surface area contributed by atoms with Gasteiger partial charge >= 0.3 is 0 Å². The molecular weight excluding hydrogens is 210 g/mol.